The van der Waals surface area contributed by atoms with E-state index in [-0.39, 0.29) is 0 Å². The molecule has 0 fully saturated rings. The first-order valence-corrected chi connectivity index (χ1v) is 7.80. The quantitative estimate of drug-likeness (QED) is 0.889. The van der Waals surface area contributed by atoms with Gasteiger partial charge in [0.15, 0.2) is 0 Å². The summed E-state index contributed by atoms with van der Waals surface area (Å²) in [6, 6.07) is 10.3. The first-order chi connectivity index (χ1) is 10.2. The van der Waals surface area contributed by atoms with Crippen molar-refractivity contribution >= 4 is 34.8 Å². The molecule has 0 saturated heterocycles. The Hall–Kier alpha value is -1.45. The number of anilines is 2. The van der Waals surface area contributed by atoms with Crippen molar-refractivity contribution in [3.05, 3.63) is 51.5 Å². The van der Waals surface area contributed by atoms with E-state index in [1.165, 1.54) is 11.1 Å². The van der Waals surface area contributed by atoms with Crippen LogP contribution in [0.15, 0.2) is 30.3 Å². The van der Waals surface area contributed by atoms with Gasteiger partial charge in [0.2, 0.25) is 0 Å². The van der Waals surface area contributed by atoms with Crippen molar-refractivity contribution in [3.8, 4) is 0 Å². The lowest BCUT2D eigenvalue weighted by molar-refractivity contribution is 0.755. The molecule has 1 aromatic carbocycles. The summed E-state index contributed by atoms with van der Waals surface area (Å²) in [4.78, 5) is 6.81. The van der Waals surface area contributed by atoms with Gasteiger partial charge in [-0.05, 0) is 30.0 Å². The first-order valence-electron chi connectivity index (χ1n) is 7.04. The van der Waals surface area contributed by atoms with Gasteiger partial charge < -0.3 is 10.2 Å². The Morgan fingerprint density at radius 3 is 2.67 bits per heavy atom. The van der Waals surface area contributed by atoms with Gasteiger partial charge in [0.1, 0.15) is 11.6 Å². The summed E-state index contributed by atoms with van der Waals surface area (Å²) in [5, 5.41) is 4.15. The van der Waals surface area contributed by atoms with Gasteiger partial charge in [-0.25, -0.2) is 4.98 Å². The van der Waals surface area contributed by atoms with E-state index >= 15 is 0 Å². The summed E-state index contributed by atoms with van der Waals surface area (Å²) in [6.45, 7) is 1.76. The first kappa shape index (κ1) is 14.5. The minimum atomic E-state index is 0.543. The SMILES string of the molecule is CNc1nc(N2CCCc3ccccc3C2)c(Cl)cc1Cl. The number of hydrogen-bond donors (Lipinski definition) is 1. The number of nitrogens with one attached hydrogen (secondary N) is 1. The normalized spacial score (nSPS) is 14.5. The minimum absolute atomic E-state index is 0.543. The fourth-order valence-electron chi connectivity index (χ4n) is 2.74. The van der Waals surface area contributed by atoms with Crippen LogP contribution in [0.5, 0.6) is 0 Å². The van der Waals surface area contributed by atoms with E-state index < -0.39 is 0 Å². The fraction of sp³-hybridized carbons (Fsp3) is 0.312. The van der Waals surface area contributed by atoms with E-state index in [0.717, 1.165) is 31.7 Å². The van der Waals surface area contributed by atoms with Crippen molar-refractivity contribution in [1.82, 2.24) is 4.98 Å². The fourth-order valence-corrected chi connectivity index (χ4v) is 3.31. The molecule has 1 aliphatic rings. The van der Waals surface area contributed by atoms with Gasteiger partial charge in [0, 0.05) is 20.1 Å². The molecule has 3 rings (SSSR count). The molecule has 0 unspecified atom stereocenters. The Labute approximate surface area is 134 Å². The van der Waals surface area contributed by atoms with Crippen LogP contribution in [0.2, 0.25) is 10.0 Å². The van der Waals surface area contributed by atoms with Crippen LogP contribution >= 0.6 is 23.2 Å². The number of fused-ring (bicyclic) bond motifs is 1. The summed E-state index contributed by atoms with van der Waals surface area (Å²) in [5.74, 6) is 1.45. The number of hydrogen-bond acceptors (Lipinski definition) is 3. The molecule has 2 aromatic rings. The molecule has 21 heavy (non-hydrogen) atoms. The highest BCUT2D eigenvalue weighted by Crippen LogP contribution is 2.33. The summed E-state index contributed by atoms with van der Waals surface area (Å²) in [7, 11) is 1.81. The standard InChI is InChI=1S/C16H17Cl2N3/c1-19-15-13(17)9-14(18)16(20-15)21-8-4-7-11-5-2-3-6-12(11)10-21/h2-3,5-6,9H,4,7-8,10H2,1H3,(H,19,20). The molecule has 0 radical (unpaired) electrons. The van der Waals surface area contributed by atoms with E-state index in [2.05, 4.69) is 39.5 Å². The summed E-state index contributed by atoms with van der Waals surface area (Å²) in [6.07, 6.45) is 2.18. The molecule has 0 saturated carbocycles. The maximum absolute atomic E-state index is 6.36. The van der Waals surface area contributed by atoms with E-state index in [1.54, 1.807) is 6.07 Å². The summed E-state index contributed by atoms with van der Waals surface area (Å²) in [5.41, 5.74) is 2.76. The average Bonchev–Trinajstić information content (AvgIpc) is 2.69. The van der Waals surface area contributed by atoms with E-state index in [1.807, 2.05) is 7.05 Å². The molecular weight excluding hydrogens is 305 g/mol. The van der Waals surface area contributed by atoms with Gasteiger partial charge in [0.25, 0.3) is 0 Å². The number of aromatic nitrogens is 1. The van der Waals surface area contributed by atoms with Gasteiger partial charge in [-0.15, -0.1) is 0 Å². The topological polar surface area (TPSA) is 28.2 Å². The van der Waals surface area contributed by atoms with Crippen LogP contribution in [0.25, 0.3) is 0 Å². The predicted molar refractivity (Wildman–Crippen MR) is 89.6 cm³/mol. The van der Waals surface area contributed by atoms with Crippen LogP contribution in [0, 0.1) is 0 Å². The minimum Gasteiger partial charge on any atom is -0.372 e. The summed E-state index contributed by atoms with van der Waals surface area (Å²) < 4.78 is 0. The molecule has 2 heterocycles. The maximum atomic E-state index is 6.36. The number of pyridine rings is 1. The van der Waals surface area contributed by atoms with Crippen LogP contribution in [0.1, 0.15) is 17.5 Å². The van der Waals surface area contributed by atoms with Gasteiger partial charge in [0.05, 0.1) is 10.0 Å². The van der Waals surface area contributed by atoms with Crippen molar-refractivity contribution in [2.24, 2.45) is 0 Å². The highest BCUT2D eigenvalue weighted by atomic mass is 35.5. The van der Waals surface area contributed by atoms with Crippen molar-refractivity contribution in [2.75, 3.05) is 23.8 Å². The number of halogens is 2. The molecule has 110 valence electrons. The Kier molecular flexibility index (Phi) is 4.22. The zero-order chi connectivity index (χ0) is 14.8. The van der Waals surface area contributed by atoms with E-state index in [4.69, 9.17) is 23.2 Å². The Morgan fingerprint density at radius 2 is 1.90 bits per heavy atom. The molecule has 0 amide bonds. The highest BCUT2D eigenvalue weighted by molar-refractivity contribution is 6.37. The van der Waals surface area contributed by atoms with E-state index in [0.29, 0.717) is 15.9 Å². The van der Waals surface area contributed by atoms with Gasteiger partial charge in [-0.3, -0.25) is 0 Å². The van der Waals surface area contributed by atoms with Gasteiger partial charge in [-0.2, -0.15) is 0 Å². The third-order valence-corrected chi connectivity index (χ3v) is 4.37. The lowest BCUT2D eigenvalue weighted by Crippen LogP contribution is -2.24. The van der Waals surface area contributed by atoms with Gasteiger partial charge in [-0.1, -0.05) is 47.5 Å². The molecule has 5 heteroatoms. The zero-order valence-electron chi connectivity index (χ0n) is 11.9. The molecule has 3 nitrogen and oxygen atoms in total. The van der Waals surface area contributed by atoms with Crippen LogP contribution in [-0.2, 0) is 13.0 Å². The third kappa shape index (κ3) is 2.94. The Morgan fingerprint density at radius 1 is 1.14 bits per heavy atom. The van der Waals surface area contributed by atoms with Crippen molar-refractivity contribution < 1.29 is 0 Å². The van der Waals surface area contributed by atoms with Crippen LogP contribution in [0.3, 0.4) is 0 Å². The van der Waals surface area contributed by atoms with Gasteiger partial charge >= 0.3 is 0 Å². The second-order valence-electron chi connectivity index (χ2n) is 5.17. The monoisotopic (exact) mass is 321 g/mol. The molecule has 0 bridgehead atoms. The lowest BCUT2D eigenvalue weighted by atomic mass is 10.0. The molecule has 0 atom stereocenters. The Balaban J connectivity index is 1.97. The molecule has 0 spiro atoms. The van der Waals surface area contributed by atoms with Crippen molar-refractivity contribution in [1.29, 1.82) is 0 Å². The second-order valence-corrected chi connectivity index (χ2v) is 5.98. The molecule has 0 aliphatic carbocycles. The average molecular weight is 322 g/mol. The predicted octanol–water partition coefficient (Wildman–Crippen LogP) is 4.38. The third-order valence-electron chi connectivity index (χ3n) is 3.80. The summed E-state index contributed by atoms with van der Waals surface area (Å²) >= 11 is 12.5. The van der Waals surface area contributed by atoms with Crippen LogP contribution < -0.4 is 10.2 Å². The largest absolute Gasteiger partial charge is 0.372 e. The highest BCUT2D eigenvalue weighted by Gasteiger charge is 2.19. The molecule has 1 aromatic heterocycles. The van der Waals surface area contributed by atoms with Crippen molar-refractivity contribution in [3.63, 3.8) is 0 Å². The van der Waals surface area contributed by atoms with E-state index in [9.17, 15) is 0 Å². The molecular formula is C16H17Cl2N3. The van der Waals surface area contributed by atoms with Crippen LogP contribution in [-0.4, -0.2) is 18.6 Å². The maximum Gasteiger partial charge on any atom is 0.150 e. The van der Waals surface area contributed by atoms with Crippen molar-refractivity contribution in [2.45, 2.75) is 19.4 Å². The second kappa shape index (κ2) is 6.12. The number of aryl methyl sites for hydroxylation is 1. The number of nitrogens with zero attached hydrogens (tertiary/aromatic N) is 2. The number of rotatable bonds is 2. The smallest absolute Gasteiger partial charge is 0.150 e. The zero-order valence-corrected chi connectivity index (χ0v) is 13.4. The molecule has 1 N–H and O–H groups in total. The lowest BCUT2D eigenvalue weighted by Gasteiger charge is -2.24. The Bertz CT molecular complexity index is 658. The number of benzene rings is 1. The van der Waals surface area contributed by atoms with Crippen LogP contribution in [0.4, 0.5) is 11.6 Å². The molecule has 1 aliphatic heterocycles.